The highest BCUT2D eigenvalue weighted by Gasteiger charge is 2.19. The third-order valence-corrected chi connectivity index (χ3v) is 5.02. The van der Waals surface area contributed by atoms with Gasteiger partial charge in [-0.2, -0.15) is 5.10 Å². The molecule has 0 spiro atoms. The lowest BCUT2D eigenvalue weighted by molar-refractivity contribution is -0.128. The summed E-state index contributed by atoms with van der Waals surface area (Å²) in [6.45, 7) is 4.61. The number of hydrogen-bond donors (Lipinski definition) is 1. The molecule has 152 valence electrons. The van der Waals surface area contributed by atoms with Crippen LogP contribution in [0.15, 0.2) is 30.6 Å². The third-order valence-electron chi connectivity index (χ3n) is 5.02. The average Bonchev–Trinajstić information content (AvgIpc) is 3.31. The van der Waals surface area contributed by atoms with Crippen molar-refractivity contribution in [3.8, 4) is 11.4 Å². The van der Waals surface area contributed by atoms with Gasteiger partial charge in [-0.3, -0.25) is 14.9 Å². The highest BCUT2D eigenvalue weighted by Crippen LogP contribution is 2.33. The van der Waals surface area contributed by atoms with Gasteiger partial charge >= 0.3 is 0 Å². The molecule has 9 heteroatoms. The molecule has 0 atom stereocenters. The van der Waals surface area contributed by atoms with Gasteiger partial charge in [-0.25, -0.2) is 4.98 Å². The molecule has 29 heavy (non-hydrogen) atoms. The van der Waals surface area contributed by atoms with Crippen LogP contribution in [0.25, 0.3) is 22.3 Å². The van der Waals surface area contributed by atoms with E-state index in [-0.39, 0.29) is 0 Å². The van der Waals surface area contributed by atoms with Crippen LogP contribution in [0.4, 0.5) is 11.5 Å². The zero-order chi connectivity index (χ0) is 20.1. The molecule has 1 aliphatic rings. The Morgan fingerprint density at radius 2 is 2.17 bits per heavy atom. The van der Waals surface area contributed by atoms with Gasteiger partial charge in [-0.05, 0) is 18.6 Å². The number of nitrogens with one attached hydrogen (secondary N) is 1. The van der Waals surface area contributed by atoms with Crippen LogP contribution in [0.2, 0.25) is 0 Å². The molecule has 9 nitrogen and oxygen atoms in total. The normalized spacial score (nSPS) is 14.2. The lowest BCUT2D eigenvalue weighted by Gasteiger charge is -2.30. The van der Waals surface area contributed by atoms with Gasteiger partial charge in [0.05, 0.1) is 25.5 Å². The maximum atomic E-state index is 10.4. The number of morpholine rings is 1. The molecule has 0 radical (unpaired) electrons. The van der Waals surface area contributed by atoms with Gasteiger partial charge in [0.2, 0.25) is 0 Å². The fourth-order valence-electron chi connectivity index (χ4n) is 3.53. The summed E-state index contributed by atoms with van der Waals surface area (Å²) in [5, 5.41) is 8.07. The Kier molecular flexibility index (Phi) is 5.85. The zero-order valence-corrected chi connectivity index (χ0v) is 16.4. The Hall–Kier alpha value is -3.20. The van der Waals surface area contributed by atoms with Crippen LogP contribution < -0.4 is 9.80 Å². The second kappa shape index (κ2) is 8.87. The summed E-state index contributed by atoms with van der Waals surface area (Å²) in [6.07, 6.45) is 4.24. The second-order valence-electron chi connectivity index (χ2n) is 6.87. The number of aromatic nitrogens is 4. The first-order valence-electron chi connectivity index (χ1n) is 9.66. The lowest BCUT2D eigenvalue weighted by atomic mass is 10.1. The average molecular weight is 396 g/mol. The van der Waals surface area contributed by atoms with E-state index in [1.807, 2.05) is 19.2 Å². The topological polar surface area (TPSA) is 96.5 Å². The number of H-pyrrole nitrogens is 1. The Bertz CT molecular complexity index is 956. The van der Waals surface area contributed by atoms with Crippen LogP contribution in [0.3, 0.4) is 0 Å². The van der Waals surface area contributed by atoms with Crippen molar-refractivity contribution in [2.75, 3.05) is 56.3 Å². The number of ether oxygens (including phenoxy) is 2. The summed E-state index contributed by atoms with van der Waals surface area (Å²) < 4.78 is 10.3. The molecule has 4 rings (SSSR count). The Morgan fingerprint density at radius 1 is 1.31 bits per heavy atom. The molecule has 4 heterocycles. The van der Waals surface area contributed by atoms with Gasteiger partial charge in [-0.1, -0.05) is 0 Å². The number of hydrogen-bond acceptors (Lipinski definition) is 8. The van der Waals surface area contributed by atoms with E-state index < -0.39 is 0 Å². The zero-order valence-electron chi connectivity index (χ0n) is 16.4. The largest absolute Gasteiger partial charge is 0.468 e. The fraction of sp³-hybridized carbons (Fsp3) is 0.400. The van der Waals surface area contributed by atoms with E-state index >= 15 is 0 Å². The van der Waals surface area contributed by atoms with Crippen molar-refractivity contribution in [2.45, 2.75) is 6.42 Å². The van der Waals surface area contributed by atoms with Crippen LogP contribution in [0.5, 0.6) is 0 Å². The van der Waals surface area contributed by atoms with E-state index in [2.05, 4.69) is 31.0 Å². The molecule has 1 N–H and O–H groups in total. The number of carbonyl (C=O) groups is 1. The fourth-order valence-corrected chi connectivity index (χ4v) is 3.53. The molecule has 0 bridgehead atoms. The van der Waals surface area contributed by atoms with Crippen LogP contribution in [-0.4, -0.2) is 73.1 Å². The summed E-state index contributed by atoms with van der Waals surface area (Å²) in [6, 6.07) is 6.00. The van der Waals surface area contributed by atoms with Gasteiger partial charge in [0.15, 0.2) is 0 Å². The summed E-state index contributed by atoms with van der Waals surface area (Å²) in [7, 11) is 2.04. The maximum Gasteiger partial charge on any atom is 0.293 e. The van der Waals surface area contributed by atoms with Crippen molar-refractivity contribution in [2.24, 2.45) is 0 Å². The van der Waals surface area contributed by atoms with Crippen molar-refractivity contribution in [3.63, 3.8) is 0 Å². The summed E-state index contributed by atoms with van der Waals surface area (Å²) in [5.74, 6) is 0.903. The number of anilines is 2. The highest BCUT2D eigenvalue weighted by atomic mass is 16.5. The Morgan fingerprint density at radius 3 is 2.93 bits per heavy atom. The van der Waals surface area contributed by atoms with Crippen LogP contribution >= 0.6 is 0 Å². The summed E-state index contributed by atoms with van der Waals surface area (Å²) in [5.41, 5.74) is 3.49. The summed E-state index contributed by atoms with van der Waals surface area (Å²) >= 11 is 0. The van der Waals surface area contributed by atoms with Gasteiger partial charge in [-0.15, -0.1) is 0 Å². The molecule has 1 fully saturated rings. The smallest absolute Gasteiger partial charge is 0.293 e. The first-order chi connectivity index (χ1) is 14.3. The van der Waals surface area contributed by atoms with Crippen molar-refractivity contribution >= 4 is 28.9 Å². The third kappa shape index (κ3) is 4.14. The number of fused-ring (bicyclic) bond motifs is 1. The molecule has 0 saturated carbocycles. The number of aromatic amines is 1. The van der Waals surface area contributed by atoms with E-state index in [4.69, 9.17) is 14.5 Å². The highest BCUT2D eigenvalue weighted by molar-refractivity contribution is 5.99. The minimum atomic E-state index is 0.397. The molecule has 0 aromatic carbocycles. The second-order valence-corrected chi connectivity index (χ2v) is 6.87. The number of carbonyl (C=O) groups excluding carboxylic acids is 1. The van der Waals surface area contributed by atoms with Crippen LogP contribution in [0.1, 0.15) is 6.42 Å². The molecule has 0 unspecified atom stereocenters. The van der Waals surface area contributed by atoms with E-state index in [9.17, 15) is 4.79 Å². The number of rotatable bonds is 8. The molecular weight excluding hydrogens is 372 g/mol. The van der Waals surface area contributed by atoms with Gasteiger partial charge in [0, 0.05) is 56.2 Å². The summed E-state index contributed by atoms with van der Waals surface area (Å²) in [4.78, 5) is 24.3. The molecule has 3 aromatic heterocycles. The standard InChI is InChI=1S/C20H24N6O3/c1-25(7-2-10-29-14-27)17-13-18(26-8-11-28-12-9-26)23-19-15(17)3-5-21-20(19)16-4-6-22-24-16/h3-6,13-14H,2,7-12H2,1H3,(H,22,24). The van der Waals surface area contributed by atoms with Gasteiger partial charge in [0.1, 0.15) is 17.0 Å². The monoisotopic (exact) mass is 396 g/mol. The van der Waals surface area contributed by atoms with Gasteiger partial charge in [0.25, 0.3) is 6.47 Å². The molecule has 3 aromatic rings. The SMILES string of the molecule is CN(CCCOC=O)c1cc(N2CCOCC2)nc2c(-c3ccn[nH]3)nccc12. The van der Waals surface area contributed by atoms with E-state index in [1.165, 1.54) is 0 Å². The van der Waals surface area contributed by atoms with Gasteiger partial charge < -0.3 is 19.3 Å². The molecule has 1 saturated heterocycles. The van der Waals surface area contributed by atoms with Crippen molar-refractivity contribution < 1.29 is 14.3 Å². The Balaban J connectivity index is 1.77. The minimum absolute atomic E-state index is 0.397. The maximum absolute atomic E-state index is 10.4. The molecule has 0 amide bonds. The van der Waals surface area contributed by atoms with Crippen LogP contribution in [0, 0.1) is 0 Å². The Labute approximate surface area is 168 Å². The lowest BCUT2D eigenvalue weighted by Crippen LogP contribution is -2.37. The minimum Gasteiger partial charge on any atom is -0.468 e. The van der Waals surface area contributed by atoms with E-state index in [0.717, 1.165) is 59.9 Å². The predicted octanol–water partition coefficient (Wildman–Crippen LogP) is 1.86. The van der Waals surface area contributed by atoms with E-state index in [1.54, 1.807) is 12.4 Å². The molecule has 1 aliphatic heterocycles. The molecular formula is C20H24N6O3. The van der Waals surface area contributed by atoms with Crippen molar-refractivity contribution in [3.05, 3.63) is 30.6 Å². The predicted molar refractivity (Wildman–Crippen MR) is 110 cm³/mol. The van der Waals surface area contributed by atoms with Crippen molar-refractivity contribution in [1.29, 1.82) is 0 Å². The quantitative estimate of drug-likeness (QED) is 0.455. The number of nitrogens with zero attached hydrogens (tertiary/aromatic N) is 5. The first-order valence-corrected chi connectivity index (χ1v) is 9.66. The van der Waals surface area contributed by atoms with Crippen LogP contribution in [-0.2, 0) is 14.3 Å². The first kappa shape index (κ1) is 19.1. The number of pyridine rings is 2. The van der Waals surface area contributed by atoms with E-state index in [0.29, 0.717) is 26.3 Å². The van der Waals surface area contributed by atoms with Crippen molar-refractivity contribution in [1.82, 2.24) is 20.2 Å². The molecule has 0 aliphatic carbocycles.